The standard InChI is InChI=1S/C24H34N2O2/c1-15-9-11-20(12-10-15)14-26-18(4)21(23(19(26)5)24(27)28)13-25-22-8-6-7-16(2)17(22)3/h9-12,16-17,22,25H,6-8,13-14H2,1-5H3,(H,27,28). The van der Waals surface area contributed by atoms with Crippen molar-refractivity contribution < 1.29 is 9.90 Å². The summed E-state index contributed by atoms with van der Waals surface area (Å²) in [5, 5.41) is 13.6. The molecular weight excluding hydrogens is 348 g/mol. The van der Waals surface area contributed by atoms with Gasteiger partial charge >= 0.3 is 5.97 Å². The first-order chi connectivity index (χ1) is 13.3. The predicted molar refractivity (Wildman–Crippen MR) is 114 cm³/mol. The zero-order chi connectivity index (χ0) is 20.4. The number of hydrogen-bond donors (Lipinski definition) is 2. The second kappa shape index (κ2) is 8.52. The molecule has 2 N–H and O–H groups in total. The lowest BCUT2D eigenvalue weighted by Gasteiger charge is -2.34. The summed E-state index contributed by atoms with van der Waals surface area (Å²) >= 11 is 0. The van der Waals surface area contributed by atoms with Gasteiger partial charge in [-0.3, -0.25) is 0 Å². The van der Waals surface area contributed by atoms with E-state index in [9.17, 15) is 9.90 Å². The minimum absolute atomic E-state index is 0.463. The van der Waals surface area contributed by atoms with Crippen molar-refractivity contribution in [1.29, 1.82) is 0 Å². The number of hydrogen-bond acceptors (Lipinski definition) is 2. The van der Waals surface area contributed by atoms with Gasteiger partial charge in [-0.25, -0.2) is 4.79 Å². The number of carbonyl (C=O) groups is 1. The van der Waals surface area contributed by atoms with Gasteiger partial charge in [-0.2, -0.15) is 0 Å². The minimum Gasteiger partial charge on any atom is -0.478 e. The largest absolute Gasteiger partial charge is 0.478 e. The van der Waals surface area contributed by atoms with E-state index in [2.05, 4.69) is 61.8 Å². The summed E-state index contributed by atoms with van der Waals surface area (Å²) in [7, 11) is 0. The first kappa shape index (κ1) is 20.7. The van der Waals surface area contributed by atoms with Crippen LogP contribution in [0.5, 0.6) is 0 Å². The lowest BCUT2D eigenvalue weighted by atomic mass is 9.78. The van der Waals surface area contributed by atoms with Gasteiger partial charge in [0.05, 0.1) is 5.56 Å². The first-order valence-electron chi connectivity index (χ1n) is 10.5. The Labute approximate surface area is 169 Å². The number of rotatable bonds is 6. The molecule has 28 heavy (non-hydrogen) atoms. The smallest absolute Gasteiger partial charge is 0.337 e. The summed E-state index contributed by atoms with van der Waals surface area (Å²) in [5.74, 6) is 0.516. The molecule has 3 unspecified atom stereocenters. The molecule has 1 aromatic heterocycles. The van der Waals surface area contributed by atoms with E-state index in [-0.39, 0.29) is 0 Å². The first-order valence-corrected chi connectivity index (χ1v) is 10.5. The van der Waals surface area contributed by atoms with E-state index >= 15 is 0 Å². The second-order valence-corrected chi connectivity index (χ2v) is 8.66. The second-order valence-electron chi connectivity index (χ2n) is 8.66. The summed E-state index contributed by atoms with van der Waals surface area (Å²) in [6.07, 6.45) is 3.72. The van der Waals surface area contributed by atoms with Crippen LogP contribution in [0.3, 0.4) is 0 Å². The van der Waals surface area contributed by atoms with Crippen molar-refractivity contribution in [1.82, 2.24) is 9.88 Å². The molecule has 152 valence electrons. The quantitative estimate of drug-likeness (QED) is 0.733. The monoisotopic (exact) mass is 382 g/mol. The van der Waals surface area contributed by atoms with Crippen LogP contribution in [0.15, 0.2) is 24.3 Å². The SMILES string of the molecule is Cc1ccc(Cn2c(C)c(CNC3CCCC(C)C3C)c(C(=O)O)c2C)cc1. The molecule has 2 aromatic rings. The Balaban J connectivity index is 1.85. The topological polar surface area (TPSA) is 54.3 Å². The molecule has 0 amide bonds. The van der Waals surface area contributed by atoms with Gasteiger partial charge in [0.25, 0.3) is 0 Å². The Bertz CT molecular complexity index is 835. The number of carboxylic acids is 1. The molecule has 1 heterocycles. The fourth-order valence-corrected chi connectivity index (χ4v) is 4.67. The zero-order valence-corrected chi connectivity index (χ0v) is 17.9. The van der Waals surface area contributed by atoms with Gasteiger partial charge in [-0.1, -0.05) is 56.5 Å². The molecule has 0 radical (unpaired) electrons. The maximum atomic E-state index is 12.0. The highest BCUT2D eigenvalue weighted by molar-refractivity contribution is 5.91. The fraction of sp³-hybridized carbons (Fsp3) is 0.542. The van der Waals surface area contributed by atoms with Crippen molar-refractivity contribution in [2.45, 2.75) is 73.0 Å². The van der Waals surface area contributed by atoms with Crippen molar-refractivity contribution in [3.8, 4) is 0 Å². The van der Waals surface area contributed by atoms with Crippen LogP contribution in [0, 0.1) is 32.6 Å². The van der Waals surface area contributed by atoms with E-state index in [4.69, 9.17) is 0 Å². The molecule has 1 aromatic carbocycles. The summed E-state index contributed by atoms with van der Waals surface area (Å²) in [6, 6.07) is 8.92. The van der Waals surface area contributed by atoms with Gasteiger partial charge in [-0.15, -0.1) is 0 Å². The Morgan fingerprint density at radius 1 is 1.11 bits per heavy atom. The number of aromatic carboxylic acids is 1. The normalized spacial score (nSPS) is 22.4. The third kappa shape index (κ3) is 4.17. The van der Waals surface area contributed by atoms with Gasteiger partial charge in [-0.05, 0) is 44.6 Å². The average Bonchev–Trinajstić information content (AvgIpc) is 2.89. The van der Waals surface area contributed by atoms with Crippen LogP contribution < -0.4 is 5.32 Å². The van der Waals surface area contributed by atoms with E-state index in [1.807, 2.05) is 6.92 Å². The summed E-state index contributed by atoms with van der Waals surface area (Å²) in [4.78, 5) is 12.0. The molecule has 0 saturated heterocycles. The van der Waals surface area contributed by atoms with Crippen LogP contribution in [0.4, 0.5) is 0 Å². The minimum atomic E-state index is -0.829. The Morgan fingerprint density at radius 3 is 2.43 bits per heavy atom. The molecule has 1 fully saturated rings. The molecule has 3 atom stereocenters. The fourth-order valence-electron chi connectivity index (χ4n) is 4.67. The van der Waals surface area contributed by atoms with Crippen LogP contribution in [-0.2, 0) is 13.1 Å². The molecule has 0 bridgehead atoms. The Morgan fingerprint density at radius 2 is 1.79 bits per heavy atom. The highest BCUT2D eigenvalue weighted by Crippen LogP contribution is 2.30. The molecule has 1 aliphatic rings. The van der Waals surface area contributed by atoms with E-state index < -0.39 is 5.97 Å². The van der Waals surface area contributed by atoms with E-state index in [0.29, 0.717) is 30.6 Å². The average molecular weight is 383 g/mol. The van der Waals surface area contributed by atoms with Gasteiger partial charge < -0.3 is 15.0 Å². The van der Waals surface area contributed by atoms with Gasteiger partial charge in [0.1, 0.15) is 0 Å². The molecule has 0 spiro atoms. The van der Waals surface area contributed by atoms with Crippen molar-refractivity contribution in [2.24, 2.45) is 11.8 Å². The summed E-state index contributed by atoms with van der Waals surface area (Å²) < 4.78 is 2.15. The van der Waals surface area contributed by atoms with Crippen molar-refractivity contribution in [3.63, 3.8) is 0 Å². The van der Waals surface area contributed by atoms with Crippen molar-refractivity contribution in [3.05, 3.63) is 57.9 Å². The van der Waals surface area contributed by atoms with Crippen molar-refractivity contribution >= 4 is 5.97 Å². The van der Waals surface area contributed by atoms with Crippen LogP contribution in [0.1, 0.15) is 71.5 Å². The van der Waals surface area contributed by atoms with Crippen molar-refractivity contribution in [2.75, 3.05) is 0 Å². The zero-order valence-electron chi connectivity index (χ0n) is 17.9. The maximum absolute atomic E-state index is 12.0. The Hall–Kier alpha value is -2.07. The highest BCUT2D eigenvalue weighted by atomic mass is 16.4. The Kier molecular flexibility index (Phi) is 6.29. The lowest BCUT2D eigenvalue weighted by molar-refractivity contribution is 0.0694. The number of nitrogens with zero attached hydrogens (tertiary/aromatic N) is 1. The van der Waals surface area contributed by atoms with Gasteiger partial charge in [0, 0.05) is 36.1 Å². The summed E-state index contributed by atoms with van der Waals surface area (Å²) in [5.41, 5.74) is 5.72. The predicted octanol–water partition coefficient (Wildman–Crippen LogP) is 5.07. The molecule has 4 nitrogen and oxygen atoms in total. The number of benzene rings is 1. The van der Waals surface area contributed by atoms with Crippen LogP contribution in [0.2, 0.25) is 0 Å². The highest BCUT2D eigenvalue weighted by Gasteiger charge is 2.28. The van der Waals surface area contributed by atoms with Gasteiger partial charge in [0.2, 0.25) is 0 Å². The third-order valence-corrected chi connectivity index (χ3v) is 6.83. The molecule has 1 saturated carbocycles. The number of aromatic nitrogens is 1. The van der Waals surface area contributed by atoms with Crippen LogP contribution >= 0.6 is 0 Å². The molecular formula is C24H34N2O2. The number of aryl methyl sites for hydroxylation is 1. The molecule has 3 rings (SSSR count). The molecule has 0 aliphatic heterocycles. The van der Waals surface area contributed by atoms with E-state index in [0.717, 1.165) is 22.9 Å². The van der Waals surface area contributed by atoms with Gasteiger partial charge in [0.15, 0.2) is 0 Å². The van der Waals surface area contributed by atoms with E-state index in [1.165, 1.54) is 30.4 Å². The number of nitrogens with one attached hydrogen (secondary N) is 1. The third-order valence-electron chi connectivity index (χ3n) is 6.83. The molecule has 4 heteroatoms. The van der Waals surface area contributed by atoms with Crippen LogP contribution in [-0.4, -0.2) is 21.7 Å². The van der Waals surface area contributed by atoms with E-state index in [1.54, 1.807) is 0 Å². The van der Waals surface area contributed by atoms with Crippen LogP contribution in [0.25, 0.3) is 0 Å². The lowest BCUT2D eigenvalue weighted by Crippen LogP contribution is -2.40. The molecule has 1 aliphatic carbocycles. The maximum Gasteiger partial charge on any atom is 0.337 e. The summed E-state index contributed by atoms with van der Waals surface area (Å²) in [6.45, 7) is 12.0. The number of carboxylic acid groups (broad SMARTS) is 1.